The van der Waals surface area contributed by atoms with Gasteiger partial charge in [-0.15, -0.1) is 0 Å². The Hall–Kier alpha value is -0.720. The number of piperazine rings is 1. The zero-order chi connectivity index (χ0) is 13.0. The van der Waals surface area contributed by atoms with E-state index < -0.39 is 0 Å². The highest BCUT2D eigenvalue weighted by Crippen LogP contribution is 2.15. The molecule has 1 aliphatic heterocycles. The second-order valence-corrected chi connectivity index (χ2v) is 5.80. The minimum atomic E-state index is 0.539. The van der Waals surface area contributed by atoms with Crippen LogP contribution in [0.5, 0.6) is 0 Å². The molecule has 18 heavy (non-hydrogen) atoms. The lowest BCUT2D eigenvalue weighted by atomic mass is 10.1. The molecule has 1 aromatic rings. The first-order chi connectivity index (χ1) is 8.69. The third-order valence-electron chi connectivity index (χ3n) is 3.39. The van der Waals surface area contributed by atoms with Crippen molar-refractivity contribution in [3.63, 3.8) is 0 Å². The van der Waals surface area contributed by atoms with Gasteiger partial charge in [0.2, 0.25) is 5.13 Å². The van der Waals surface area contributed by atoms with E-state index in [0.29, 0.717) is 6.04 Å². The number of rotatable bonds is 5. The molecule has 1 unspecified atom stereocenters. The van der Waals surface area contributed by atoms with Gasteiger partial charge in [0.1, 0.15) is 5.82 Å². The Kier molecular flexibility index (Phi) is 4.91. The van der Waals surface area contributed by atoms with Crippen LogP contribution in [0.4, 0.5) is 5.13 Å². The lowest BCUT2D eigenvalue weighted by Gasteiger charge is -2.37. The molecule has 2 heterocycles. The van der Waals surface area contributed by atoms with Crippen molar-refractivity contribution in [1.82, 2.24) is 19.2 Å². The highest BCUT2D eigenvalue weighted by Gasteiger charge is 2.23. The van der Waals surface area contributed by atoms with Crippen LogP contribution in [-0.4, -0.2) is 65.5 Å². The molecule has 1 N–H and O–H groups in total. The Morgan fingerprint density at radius 2 is 2.22 bits per heavy atom. The largest absolute Gasteiger partial charge is 0.360 e. The highest BCUT2D eigenvalue weighted by molar-refractivity contribution is 7.09. The highest BCUT2D eigenvalue weighted by atomic mass is 32.1. The molecule has 1 fully saturated rings. The molecule has 1 aromatic heterocycles. The molecule has 0 radical (unpaired) electrons. The van der Waals surface area contributed by atoms with Crippen LogP contribution in [0.15, 0.2) is 0 Å². The molecule has 0 aromatic carbocycles. The summed E-state index contributed by atoms with van der Waals surface area (Å²) in [7, 11) is 4.38. The van der Waals surface area contributed by atoms with Crippen LogP contribution in [-0.2, 0) is 6.42 Å². The van der Waals surface area contributed by atoms with Crippen LogP contribution in [0, 0.1) is 0 Å². The molecular weight excluding hydrogens is 246 g/mol. The molecule has 0 saturated carbocycles. The van der Waals surface area contributed by atoms with E-state index in [4.69, 9.17) is 0 Å². The van der Waals surface area contributed by atoms with Crippen LogP contribution >= 0.6 is 11.5 Å². The summed E-state index contributed by atoms with van der Waals surface area (Å²) >= 11 is 1.48. The van der Waals surface area contributed by atoms with Gasteiger partial charge in [-0.2, -0.15) is 4.37 Å². The van der Waals surface area contributed by atoms with Crippen LogP contribution in [0.2, 0.25) is 0 Å². The molecule has 1 saturated heterocycles. The maximum Gasteiger partial charge on any atom is 0.202 e. The predicted octanol–water partition coefficient (Wildman–Crippen LogP) is 1.15. The fraction of sp³-hybridized carbons (Fsp3) is 0.833. The van der Waals surface area contributed by atoms with Crippen LogP contribution in [0.25, 0.3) is 0 Å². The van der Waals surface area contributed by atoms with E-state index in [-0.39, 0.29) is 0 Å². The van der Waals surface area contributed by atoms with E-state index in [1.165, 1.54) is 11.5 Å². The van der Waals surface area contributed by atoms with Gasteiger partial charge in [0.15, 0.2) is 0 Å². The molecule has 2 rings (SSSR count). The first-order valence-electron chi connectivity index (χ1n) is 6.64. The Morgan fingerprint density at radius 3 is 3.00 bits per heavy atom. The van der Waals surface area contributed by atoms with Crippen molar-refractivity contribution in [2.75, 3.05) is 45.6 Å². The summed E-state index contributed by atoms with van der Waals surface area (Å²) in [6, 6.07) is 0.539. The summed E-state index contributed by atoms with van der Waals surface area (Å²) in [5, 5.41) is 4.25. The Balaban J connectivity index is 1.89. The molecule has 102 valence electrons. The van der Waals surface area contributed by atoms with Crippen molar-refractivity contribution in [2.45, 2.75) is 25.8 Å². The van der Waals surface area contributed by atoms with Crippen molar-refractivity contribution < 1.29 is 0 Å². The van der Waals surface area contributed by atoms with Crippen molar-refractivity contribution in [1.29, 1.82) is 0 Å². The number of anilines is 1. The second kappa shape index (κ2) is 6.45. The molecule has 6 heteroatoms. The quantitative estimate of drug-likeness (QED) is 0.868. The van der Waals surface area contributed by atoms with E-state index >= 15 is 0 Å². The lowest BCUT2D eigenvalue weighted by molar-refractivity contribution is 0.113. The SMILES string of the molecule is CCCNc1nc(CC2CN(C)CCN2C)ns1. The number of likely N-dealkylation sites (N-methyl/N-ethyl adjacent to an activating group) is 2. The van der Waals surface area contributed by atoms with E-state index in [1.807, 2.05) is 0 Å². The van der Waals surface area contributed by atoms with E-state index in [2.05, 4.69) is 45.5 Å². The lowest BCUT2D eigenvalue weighted by Crippen LogP contribution is -2.50. The number of hydrogen-bond donors (Lipinski definition) is 1. The summed E-state index contributed by atoms with van der Waals surface area (Å²) in [6.45, 7) is 6.52. The zero-order valence-electron chi connectivity index (χ0n) is 11.5. The zero-order valence-corrected chi connectivity index (χ0v) is 12.3. The van der Waals surface area contributed by atoms with Gasteiger partial charge >= 0.3 is 0 Å². The topological polar surface area (TPSA) is 44.3 Å². The Morgan fingerprint density at radius 1 is 1.39 bits per heavy atom. The van der Waals surface area contributed by atoms with Crippen LogP contribution < -0.4 is 5.32 Å². The smallest absolute Gasteiger partial charge is 0.202 e. The fourth-order valence-corrected chi connectivity index (χ4v) is 2.79. The van der Waals surface area contributed by atoms with Gasteiger partial charge in [0, 0.05) is 50.2 Å². The Labute approximate surface area is 113 Å². The summed E-state index contributed by atoms with van der Waals surface area (Å²) < 4.78 is 4.45. The normalized spacial score (nSPS) is 22.3. The molecule has 0 spiro atoms. The first-order valence-corrected chi connectivity index (χ1v) is 7.41. The number of nitrogens with one attached hydrogen (secondary N) is 1. The minimum Gasteiger partial charge on any atom is -0.360 e. The maximum absolute atomic E-state index is 4.55. The molecule has 1 atom stereocenters. The predicted molar refractivity (Wildman–Crippen MR) is 76.3 cm³/mol. The minimum absolute atomic E-state index is 0.539. The van der Waals surface area contributed by atoms with Gasteiger partial charge in [-0.3, -0.25) is 0 Å². The monoisotopic (exact) mass is 269 g/mol. The van der Waals surface area contributed by atoms with Crippen molar-refractivity contribution in [3.05, 3.63) is 5.82 Å². The summed E-state index contributed by atoms with van der Waals surface area (Å²) in [4.78, 5) is 9.35. The van der Waals surface area contributed by atoms with Crippen LogP contribution in [0.1, 0.15) is 19.2 Å². The fourth-order valence-electron chi connectivity index (χ4n) is 2.17. The van der Waals surface area contributed by atoms with E-state index in [0.717, 1.165) is 50.0 Å². The summed E-state index contributed by atoms with van der Waals surface area (Å²) in [5.41, 5.74) is 0. The van der Waals surface area contributed by atoms with Gasteiger partial charge in [-0.25, -0.2) is 4.98 Å². The van der Waals surface area contributed by atoms with Gasteiger partial charge in [0.25, 0.3) is 0 Å². The van der Waals surface area contributed by atoms with Crippen molar-refractivity contribution in [3.8, 4) is 0 Å². The first kappa shape index (κ1) is 13.7. The Bertz CT molecular complexity index is 367. The molecule has 1 aliphatic rings. The standard InChI is InChI=1S/C12H23N5S/c1-4-5-13-12-14-11(15-18-12)8-10-9-16(2)6-7-17(10)3/h10H,4-9H2,1-3H3,(H,13,14,15). The van der Waals surface area contributed by atoms with Gasteiger partial charge in [0.05, 0.1) is 0 Å². The summed E-state index contributed by atoms with van der Waals surface area (Å²) in [6.07, 6.45) is 2.07. The van der Waals surface area contributed by atoms with Gasteiger partial charge in [-0.1, -0.05) is 6.92 Å². The molecule has 0 amide bonds. The second-order valence-electron chi connectivity index (χ2n) is 5.04. The molecule has 0 aliphatic carbocycles. The van der Waals surface area contributed by atoms with Crippen molar-refractivity contribution in [2.24, 2.45) is 0 Å². The molecule has 0 bridgehead atoms. The molecular formula is C12H23N5S. The maximum atomic E-state index is 4.55. The van der Waals surface area contributed by atoms with Gasteiger partial charge < -0.3 is 15.1 Å². The average molecular weight is 269 g/mol. The number of hydrogen-bond acceptors (Lipinski definition) is 6. The van der Waals surface area contributed by atoms with Crippen molar-refractivity contribution >= 4 is 16.7 Å². The molecule has 5 nitrogen and oxygen atoms in total. The summed E-state index contributed by atoms with van der Waals surface area (Å²) in [5.74, 6) is 0.978. The number of aromatic nitrogens is 2. The van der Waals surface area contributed by atoms with Gasteiger partial charge in [-0.05, 0) is 20.5 Å². The average Bonchev–Trinajstić information content (AvgIpc) is 2.79. The van der Waals surface area contributed by atoms with E-state index in [9.17, 15) is 0 Å². The third kappa shape index (κ3) is 3.63. The van der Waals surface area contributed by atoms with E-state index in [1.54, 1.807) is 0 Å². The number of nitrogens with zero attached hydrogens (tertiary/aromatic N) is 4. The third-order valence-corrected chi connectivity index (χ3v) is 4.10. The van der Waals surface area contributed by atoms with Crippen LogP contribution in [0.3, 0.4) is 0 Å².